The lowest BCUT2D eigenvalue weighted by atomic mass is 9.94. The third-order valence-corrected chi connectivity index (χ3v) is 9.22. The van der Waals surface area contributed by atoms with Crippen molar-refractivity contribution >= 4 is 40.1 Å². The maximum absolute atomic E-state index is 15.9. The Bertz CT molecular complexity index is 2130. The number of aromatic carboxylic acids is 1. The van der Waals surface area contributed by atoms with Crippen molar-refractivity contribution in [3.8, 4) is 39.7 Å². The zero-order valence-corrected chi connectivity index (χ0v) is 26.1. The van der Waals surface area contributed by atoms with Gasteiger partial charge in [0.25, 0.3) is 0 Å². The van der Waals surface area contributed by atoms with Crippen LogP contribution in [0.4, 0.5) is 4.39 Å². The highest BCUT2D eigenvalue weighted by Crippen LogP contribution is 2.38. The van der Waals surface area contributed by atoms with Gasteiger partial charge in [0.2, 0.25) is 0 Å². The largest absolute Gasteiger partial charge is 0.489 e. The fourth-order valence-electron chi connectivity index (χ4n) is 6.18. The van der Waals surface area contributed by atoms with E-state index in [0.717, 1.165) is 71.4 Å². The van der Waals surface area contributed by atoms with Gasteiger partial charge < -0.3 is 14.4 Å². The van der Waals surface area contributed by atoms with Gasteiger partial charge in [0.15, 0.2) is 5.82 Å². The van der Waals surface area contributed by atoms with Crippen LogP contribution in [-0.4, -0.2) is 30.0 Å². The molecule has 7 rings (SSSR count). The first-order valence-corrected chi connectivity index (χ1v) is 16.1. The first kappa shape index (κ1) is 29.9. The third-order valence-electron chi connectivity index (χ3n) is 8.43. The van der Waals surface area contributed by atoms with Crippen LogP contribution >= 0.6 is 23.1 Å². The zero-order valence-electron chi connectivity index (χ0n) is 24.5. The van der Waals surface area contributed by atoms with Gasteiger partial charge in [0.05, 0.1) is 22.2 Å². The van der Waals surface area contributed by atoms with Crippen molar-refractivity contribution in [2.75, 3.05) is 0 Å². The SMILES string of the molecule is O=C(O)c1ccc2c(c1)nc(-c1ccc(OCc3cc(-c4nsc(=O)[nH]4)ccc3-c3ccc(Cl)cc3)cc1F)n2C1CCCCC1. The number of imidazole rings is 1. The lowest BCUT2D eigenvalue weighted by Crippen LogP contribution is -2.14. The van der Waals surface area contributed by atoms with Gasteiger partial charge in [-0.1, -0.05) is 55.1 Å². The van der Waals surface area contributed by atoms with Gasteiger partial charge in [0, 0.05) is 34.2 Å². The van der Waals surface area contributed by atoms with Crippen LogP contribution in [0.15, 0.2) is 83.7 Å². The average Bonchev–Trinajstić information content (AvgIpc) is 3.67. The summed E-state index contributed by atoms with van der Waals surface area (Å²) in [7, 11) is 0. The number of hydrogen-bond acceptors (Lipinski definition) is 6. The number of rotatable bonds is 8. The van der Waals surface area contributed by atoms with Gasteiger partial charge in [-0.05, 0) is 78.1 Å². The number of carboxylic acids is 1. The summed E-state index contributed by atoms with van der Waals surface area (Å²) in [4.78, 5) is 30.6. The molecule has 1 aliphatic rings. The van der Waals surface area contributed by atoms with Gasteiger partial charge in [-0.15, -0.1) is 0 Å². The highest BCUT2D eigenvalue weighted by molar-refractivity contribution is 7.03. The van der Waals surface area contributed by atoms with Gasteiger partial charge in [-0.25, -0.2) is 14.2 Å². The smallest absolute Gasteiger partial charge is 0.335 e. The highest BCUT2D eigenvalue weighted by Gasteiger charge is 2.25. The molecule has 8 nitrogen and oxygen atoms in total. The standard InChI is InChI=1S/C35H28ClFN4O4S/c36-24-10-6-20(7-11-24)27-13-8-21(32-39-35(44)46-40-32)16-23(27)19-45-26-12-14-28(29(37)18-26)33-38-30-17-22(34(42)43)9-15-31(30)41(33)25-4-2-1-3-5-25/h6-18,25H,1-5,19H2,(H,42,43)(H,39,40,44). The van der Waals surface area contributed by atoms with Crippen LogP contribution in [0.5, 0.6) is 5.75 Å². The maximum atomic E-state index is 15.9. The van der Waals surface area contributed by atoms with E-state index in [2.05, 4.69) is 13.9 Å². The Morgan fingerprint density at radius 1 is 0.978 bits per heavy atom. The number of fused-ring (bicyclic) bond motifs is 1. The lowest BCUT2D eigenvalue weighted by Gasteiger charge is -2.25. The molecule has 2 aromatic heterocycles. The second kappa shape index (κ2) is 12.5. The Kier molecular flexibility index (Phi) is 8.14. The zero-order chi connectivity index (χ0) is 31.8. The number of H-pyrrole nitrogens is 1. The van der Waals surface area contributed by atoms with Crippen LogP contribution < -0.4 is 9.61 Å². The lowest BCUT2D eigenvalue weighted by molar-refractivity contribution is 0.0697. The minimum absolute atomic E-state index is 0.123. The van der Waals surface area contributed by atoms with Crippen LogP contribution in [0.1, 0.15) is 54.1 Å². The van der Waals surface area contributed by atoms with E-state index in [4.69, 9.17) is 21.3 Å². The molecule has 0 amide bonds. The third kappa shape index (κ3) is 5.93. The molecule has 0 saturated heterocycles. The highest BCUT2D eigenvalue weighted by atomic mass is 35.5. The topological polar surface area (TPSA) is 110 Å². The van der Waals surface area contributed by atoms with E-state index in [1.165, 1.54) is 6.07 Å². The summed E-state index contributed by atoms with van der Waals surface area (Å²) in [6.45, 7) is 0.123. The molecule has 2 N–H and O–H groups in total. The molecular formula is C35H28ClFN4O4S. The van der Waals surface area contributed by atoms with Crippen molar-refractivity contribution in [3.63, 3.8) is 0 Å². The molecule has 4 aromatic carbocycles. The molecule has 2 heterocycles. The van der Waals surface area contributed by atoms with Crippen LogP contribution in [0.25, 0.3) is 44.9 Å². The predicted molar refractivity (Wildman–Crippen MR) is 177 cm³/mol. The predicted octanol–water partition coefficient (Wildman–Crippen LogP) is 8.76. The first-order valence-electron chi connectivity index (χ1n) is 15.0. The summed E-state index contributed by atoms with van der Waals surface area (Å²) >= 11 is 6.98. The summed E-state index contributed by atoms with van der Waals surface area (Å²) in [6, 6.07) is 22.9. The van der Waals surface area contributed by atoms with Gasteiger partial charge in [-0.3, -0.25) is 9.78 Å². The molecule has 6 aromatic rings. The van der Waals surface area contributed by atoms with E-state index in [0.29, 0.717) is 33.5 Å². The van der Waals surface area contributed by atoms with Crippen molar-refractivity contribution in [1.82, 2.24) is 18.9 Å². The number of halogens is 2. The quantitative estimate of drug-likeness (QED) is 0.170. The molecule has 1 saturated carbocycles. The van der Waals surface area contributed by atoms with E-state index in [1.807, 2.05) is 42.5 Å². The number of ether oxygens (including phenoxy) is 1. The number of aromatic amines is 1. The van der Waals surface area contributed by atoms with Crippen molar-refractivity contribution in [2.24, 2.45) is 0 Å². The summed E-state index contributed by atoms with van der Waals surface area (Å²) in [6.07, 6.45) is 5.21. The Labute approximate surface area is 272 Å². The summed E-state index contributed by atoms with van der Waals surface area (Å²) in [5, 5.41) is 10.1. The molecule has 232 valence electrons. The summed E-state index contributed by atoms with van der Waals surface area (Å²) < 4.78 is 28.4. The minimum atomic E-state index is -1.03. The molecule has 0 bridgehead atoms. The Morgan fingerprint density at radius 2 is 1.74 bits per heavy atom. The number of carbonyl (C=O) groups is 1. The molecule has 0 radical (unpaired) electrons. The second-order valence-electron chi connectivity index (χ2n) is 11.4. The molecular weight excluding hydrogens is 627 g/mol. The average molecular weight is 655 g/mol. The van der Waals surface area contributed by atoms with E-state index in [1.54, 1.807) is 30.3 Å². The number of hydrogen-bond donors (Lipinski definition) is 2. The van der Waals surface area contributed by atoms with Crippen molar-refractivity contribution in [2.45, 2.75) is 44.8 Å². The number of nitrogens with one attached hydrogen (secondary N) is 1. The van der Waals surface area contributed by atoms with E-state index >= 15 is 4.39 Å². The number of benzene rings is 4. The minimum Gasteiger partial charge on any atom is -0.489 e. The van der Waals surface area contributed by atoms with Crippen molar-refractivity contribution < 1.29 is 19.0 Å². The molecule has 1 aliphatic carbocycles. The molecule has 46 heavy (non-hydrogen) atoms. The molecule has 0 unspecified atom stereocenters. The fourth-order valence-corrected chi connectivity index (χ4v) is 6.78. The fraction of sp³-hybridized carbons (Fsp3) is 0.200. The molecule has 0 atom stereocenters. The number of carboxylic acid groups (broad SMARTS) is 1. The van der Waals surface area contributed by atoms with Crippen LogP contribution in [0, 0.1) is 5.82 Å². The van der Waals surface area contributed by atoms with E-state index in [9.17, 15) is 14.7 Å². The normalized spacial score (nSPS) is 13.7. The molecule has 0 aliphatic heterocycles. The summed E-state index contributed by atoms with van der Waals surface area (Å²) in [5.74, 6) is -0.249. The van der Waals surface area contributed by atoms with Crippen molar-refractivity contribution in [1.29, 1.82) is 0 Å². The number of aromatic nitrogens is 4. The second-order valence-corrected chi connectivity index (χ2v) is 12.5. The van der Waals surface area contributed by atoms with E-state index < -0.39 is 11.8 Å². The Balaban J connectivity index is 1.22. The Morgan fingerprint density at radius 3 is 2.46 bits per heavy atom. The van der Waals surface area contributed by atoms with Gasteiger partial charge >= 0.3 is 10.8 Å². The van der Waals surface area contributed by atoms with Gasteiger partial charge in [0.1, 0.15) is 24.0 Å². The van der Waals surface area contributed by atoms with E-state index in [-0.39, 0.29) is 23.1 Å². The molecule has 11 heteroatoms. The van der Waals surface area contributed by atoms with Gasteiger partial charge in [-0.2, -0.15) is 4.37 Å². The maximum Gasteiger partial charge on any atom is 0.335 e. The van der Waals surface area contributed by atoms with Crippen LogP contribution in [0.3, 0.4) is 0 Å². The Hall–Kier alpha value is -4.80. The van der Waals surface area contributed by atoms with Crippen molar-refractivity contribution in [3.05, 3.63) is 110 Å². The molecule has 0 spiro atoms. The molecule has 1 fully saturated rings. The monoisotopic (exact) mass is 654 g/mol. The van der Waals surface area contributed by atoms with Crippen LogP contribution in [0.2, 0.25) is 5.02 Å². The number of nitrogens with zero attached hydrogens (tertiary/aromatic N) is 3. The summed E-state index contributed by atoms with van der Waals surface area (Å²) in [5.41, 5.74) is 5.14. The van der Waals surface area contributed by atoms with Crippen LogP contribution in [-0.2, 0) is 6.61 Å². The first-order chi connectivity index (χ1) is 22.3.